The standard InChI is InChI=1S/C27H31NO5S/c1-5-33-27(30)22-14-23(34-18-22)17-28(13-9-12-20-10-7-6-8-11-20)26(29)21-15-24(31-3)19(2)25(16-21)32-4/h6-8,10-11,14-16,18H,5,9,12-13,17H2,1-4H3. The topological polar surface area (TPSA) is 65.1 Å². The third-order valence-electron chi connectivity index (χ3n) is 5.53. The van der Waals surface area contributed by atoms with Crippen molar-refractivity contribution in [2.45, 2.75) is 33.2 Å². The molecular weight excluding hydrogens is 450 g/mol. The number of amides is 1. The van der Waals surface area contributed by atoms with Crippen molar-refractivity contribution >= 4 is 23.2 Å². The van der Waals surface area contributed by atoms with E-state index < -0.39 is 0 Å². The molecule has 1 amide bonds. The van der Waals surface area contributed by atoms with Crippen LogP contribution in [0.3, 0.4) is 0 Å². The third kappa shape index (κ3) is 6.38. The van der Waals surface area contributed by atoms with Crippen LogP contribution < -0.4 is 9.47 Å². The van der Waals surface area contributed by atoms with Crippen LogP contribution in [0.15, 0.2) is 53.9 Å². The Hall–Kier alpha value is -3.32. The van der Waals surface area contributed by atoms with Crippen LogP contribution in [0.1, 0.15) is 50.1 Å². The number of carbonyl (C=O) groups is 2. The molecule has 3 aromatic rings. The van der Waals surface area contributed by atoms with E-state index in [9.17, 15) is 9.59 Å². The van der Waals surface area contributed by atoms with Crippen LogP contribution in [-0.4, -0.2) is 44.1 Å². The van der Waals surface area contributed by atoms with Crippen molar-refractivity contribution < 1.29 is 23.8 Å². The van der Waals surface area contributed by atoms with Gasteiger partial charge in [-0.25, -0.2) is 4.79 Å². The van der Waals surface area contributed by atoms with Crippen LogP contribution in [0.25, 0.3) is 0 Å². The van der Waals surface area contributed by atoms with E-state index in [4.69, 9.17) is 14.2 Å². The predicted molar refractivity (Wildman–Crippen MR) is 134 cm³/mol. The van der Waals surface area contributed by atoms with E-state index in [0.717, 1.165) is 23.3 Å². The van der Waals surface area contributed by atoms with Crippen LogP contribution in [0, 0.1) is 6.92 Å². The molecule has 7 heteroatoms. The van der Waals surface area contributed by atoms with Crippen LogP contribution in [0.2, 0.25) is 0 Å². The van der Waals surface area contributed by atoms with Gasteiger partial charge in [-0.1, -0.05) is 30.3 Å². The molecule has 1 aromatic heterocycles. The molecule has 0 spiro atoms. The summed E-state index contributed by atoms with van der Waals surface area (Å²) in [7, 11) is 3.16. The first-order valence-corrected chi connectivity index (χ1v) is 12.1. The van der Waals surface area contributed by atoms with Crippen molar-refractivity contribution in [3.05, 3.63) is 81.0 Å². The van der Waals surface area contributed by atoms with E-state index in [1.165, 1.54) is 16.9 Å². The lowest BCUT2D eigenvalue weighted by molar-refractivity contribution is 0.0527. The summed E-state index contributed by atoms with van der Waals surface area (Å²) >= 11 is 1.45. The molecule has 0 aliphatic rings. The third-order valence-corrected chi connectivity index (χ3v) is 6.46. The highest BCUT2D eigenvalue weighted by atomic mass is 32.1. The van der Waals surface area contributed by atoms with Gasteiger partial charge in [0.2, 0.25) is 0 Å². The summed E-state index contributed by atoms with van der Waals surface area (Å²) in [5.41, 5.74) is 3.09. The number of rotatable bonds is 11. The summed E-state index contributed by atoms with van der Waals surface area (Å²) in [6.45, 7) is 4.97. The highest BCUT2D eigenvalue weighted by Gasteiger charge is 2.21. The largest absolute Gasteiger partial charge is 0.496 e. The maximum absolute atomic E-state index is 13.6. The van der Waals surface area contributed by atoms with Crippen molar-refractivity contribution in [3.8, 4) is 11.5 Å². The molecule has 0 unspecified atom stereocenters. The molecule has 0 bridgehead atoms. The van der Waals surface area contributed by atoms with Crippen LogP contribution in [0.5, 0.6) is 11.5 Å². The number of thiophene rings is 1. The van der Waals surface area contributed by atoms with Crippen molar-refractivity contribution in [1.82, 2.24) is 4.90 Å². The van der Waals surface area contributed by atoms with Crippen molar-refractivity contribution in [1.29, 1.82) is 0 Å². The van der Waals surface area contributed by atoms with E-state index in [1.807, 2.05) is 30.0 Å². The molecule has 3 rings (SSSR count). The molecule has 2 aromatic carbocycles. The molecular formula is C27H31NO5S. The van der Waals surface area contributed by atoms with Crippen LogP contribution >= 0.6 is 11.3 Å². The molecule has 0 N–H and O–H groups in total. The monoisotopic (exact) mass is 481 g/mol. The summed E-state index contributed by atoms with van der Waals surface area (Å²) < 4.78 is 16.0. The second kappa shape index (κ2) is 12.2. The van der Waals surface area contributed by atoms with Gasteiger partial charge in [-0.3, -0.25) is 4.79 Å². The first kappa shape index (κ1) is 25.3. The molecule has 0 fully saturated rings. The van der Waals surface area contributed by atoms with E-state index in [2.05, 4.69) is 12.1 Å². The SMILES string of the molecule is CCOC(=O)c1csc(CN(CCCc2ccccc2)C(=O)c2cc(OC)c(C)c(OC)c2)c1. The zero-order chi connectivity index (χ0) is 24.5. The first-order chi connectivity index (χ1) is 16.5. The van der Waals surface area contributed by atoms with Gasteiger partial charge >= 0.3 is 5.97 Å². The number of carbonyl (C=O) groups excluding carboxylic acids is 2. The Morgan fingerprint density at radius 1 is 0.971 bits per heavy atom. The highest BCUT2D eigenvalue weighted by Crippen LogP contribution is 2.30. The number of nitrogens with zero attached hydrogens (tertiary/aromatic N) is 1. The first-order valence-electron chi connectivity index (χ1n) is 11.3. The molecule has 0 aliphatic carbocycles. The summed E-state index contributed by atoms with van der Waals surface area (Å²) in [5, 5.41) is 1.78. The van der Waals surface area contributed by atoms with Crippen molar-refractivity contribution in [3.63, 3.8) is 0 Å². The Morgan fingerprint density at radius 2 is 1.65 bits per heavy atom. The fourth-order valence-corrected chi connectivity index (χ4v) is 4.60. The van der Waals surface area contributed by atoms with Gasteiger partial charge in [0.25, 0.3) is 5.91 Å². The Labute approximate surface area is 205 Å². The minimum Gasteiger partial charge on any atom is -0.496 e. The summed E-state index contributed by atoms with van der Waals surface area (Å²) in [5.74, 6) is 0.746. The molecule has 34 heavy (non-hydrogen) atoms. The number of esters is 1. The molecule has 180 valence electrons. The number of ether oxygens (including phenoxy) is 3. The fraction of sp³-hybridized carbons (Fsp3) is 0.333. The minimum absolute atomic E-state index is 0.115. The Kier molecular flexibility index (Phi) is 9.10. The van der Waals surface area contributed by atoms with Gasteiger partial charge in [-0.15, -0.1) is 11.3 Å². The summed E-state index contributed by atoms with van der Waals surface area (Å²) in [6, 6.07) is 15.5. The van der Waals surface area contributed by atoms with E-state index in [0.29, 0.717) is 42.3 Å². The van der Waals surface area contributed by atoms with Crippen molar-refractivity contribution in [2.75, 3.05) is 27.4 Å². The molecule has 0 radical (unpaired) electrons. The molecule has 6 nitrogen and oxygen atoms in total. The lowest BCUT2D eigenvalue weighted by Gasteiger charge is -2.23. The molecule has 0 saturated carbocycles. The van der Waals surface area contributed by atoms with Crippen LogP contribution in [0.4, 0.5) is 0 Å². The zero-order valence-corrected chi connectivity index (χ0v) is 20.9. The van der Waals surface area contributed by atoms with Gasteiger partial charge in [0.1, 0.15) is 11.5 Å². The number of hydrogen-bond donors (Lipinski definition) is 0. The molecule has 0 saturated heterocycles. The van der Waals surface area contributed by atoms with Gasteiger partial charge in [0, 0.05) is 27.9 Å². The second-order valence-corrected chi connectivity index (χ2v) is 8.84. The lowest BCUT2D eigenvalue weighted by Crippen LogP contribution is -2.31. The van der Waals surface area contributed by atoms with E-state index in [-0.39, 0.29) is 11.9 Å². The Bertz CT molecular complexity index is 1080. The number of benzene rings is 2. The summed E-state index contributed by atoms with van der Waals surface area (Å²) in [6.07, 6.45) is 1.68. The maximum atomic E-state index is 13.6. The maximum Gasteiger partial charge on any atom is 0.338 e. The average Bonchev–Trinajstić information content (AvgIpc) is 3.33. The molecule has 0 aliphatic heterocycles. The van der Waals surface area contributed by atoms with E-state index >= 15 is 0 Å². The second-order valence-electron chi connectivity index (χ2n) is 7.84. The van der Waals surface area contributed by atoms with Crippen LogP contribution in [-0.2, 0) is 17.7 Å². The lowest BCUT2D eigenvalue weighted by atomic mass is 10.1. The van der Waals surface area contributed by atoms with Gasteiger partial charge in [-0.05, 0) is 50.5 Å². The van der Waals surface area contributed by atoms with Gasteiger partial charge in [0.05, 0.1) is 32.9 Å². The Balaban J connectivity index is 1.83. The van der Waals surface area contributed by atoms with E-state index in [1.54, 1.807) is 44.7 Å². The highest BCUT2D eigenvalue weighted by molar-refractivity contribution is 7.10. The average molecular weight is 482 g/mol. The summed E-state index contributed by atoms with van der Waals surface area (Å²) in [4.78, 5) is 28.4. The smallest absolute Gasteiger partial charge is 0.338 e. The quantitative estimate of drug-likeness (QED) is 0.337. The van der Waals surface area contributed by atoms with Gasteiger partial charge in [-0.2, -0.15) is 0 Å². The predicted octanol–water partition coefficient (Wildman–Crippen LogP) is 5.53. The normalized spacial score (nSPS) is 10.6. The van der Waals surface area contributed by atoms with Gasteiger partial charge < -0.3 is 19.1 Å². The number of hydrogen-bond acceptors (Lipinski definition) is 6. The zero-order valence-electron chi connectivity index (χ0n) is 20.1. The minimum atomic E-state index is -0.347. The fourth-order valence-electron chi connectivity index (χ4n) is 3.74. The Morgan fingerprint density at radius 3 is 2.26 bits per heavy atom. The van der Waals surface area contributed by atoms with Crippen molar-refractivity contribution in [2.24, 2.45) is 0 Å². The molecule has 0 atom stereocenters. The number of aryl methyl sites for hydroxylation is 1. The number of methoxy groups -OCH3 is 2. The van der Waals surface area contributed by atoms with Gasteiger partial charge in [0.15, 0.2) is 0 Å². The molecule has 1 heterocycles.